The average Bonchev–Trinajstić information content (AvgIpc) is 3.13. The topological polar surface area (TPSA) is 239 Å². The van der Waals surface area contributed by atoms with Crippen molar-refractivity contribution in [1.29, 1.82) is 0 Å². The first-order valence-corrected chi connectivity index (χ1v) is 18.5. The van der Waals surface area contributed by atoms with Gasteiger partial charge in [0.15, 0.2) is 5.96 Å². The van der Waals surface area contributed by atoms with Gasteiger partial charge in [-0.3, -0.25) is 29.0 Å². The maximum Gasteiger partial charge on any atom is 0.307 e. The Hall–Kier alpha value is -5.18. The van der Waals surface area contributed by atoms with Crippen molar-refractivity contribution < 1.29 is 38.9 Å². The minimum Gasteiger partial charge on any atom is -0.508 e. The Balaban J connectivity index is 0.00000346. The lowest BCUT2D eigenvalue weighted by Gasteiger charge is -2.27. The number of rotatable bonds is 24. The molecule has 0 aliphatic heterocycles. The molecular formula is C39H61N7O8. The highest BCUT2D eigenvalue weighted by Crippen LogP contribution is 2.13. The molecule has 3 amide bonds. The van der Waals surface area contributed by atoms with Crippen LogP contribution in [0.5, 0.6) is 5.75 Å². The minimum atomic E-state index is -0.999. The summed E-state index contributed by atoms with van der Waals surface area (Å²) in [4.78, 5) is 67.8. The van der Waals surface area contributed by atoms with Gasteiger partial charge >= 0.3 is 5.97 Å². The summed E-state index contributed by atoms with van der Waals surface area (Å²) in [6.45, 7) is 3.97. The lowest BCUT2D eigenvalue weighted by Crippen LogP contribution is -2.57. The highest BCUT2D eigenvalue weighted by atomic mass is 16.5. The first-order chi connectivity index (χ1) is 25.8. The fourth-order valence-electron chi connectivity index (χ4n) is 5.34. The second kappa shape index (κ2) is 27.4. The fourth-order valence-corrected chi connectivity index (χ4v) is 5.34. The first kappa shape index (κ1) is 46.8. The number of nitrogens with two attached hydrogens (primary N) is 2. The van der Waals surface area contributed by atoms with E-state index in [0.29, 0.717) is 19.4 Å². The van der Waals surface area contributed by atoms with Crippen LogP contribution in [0.4, 0.5) is 0 Å². The molecule has 15 nitrogen and oxygen atoms in total. The number of amides is 3. The van der Waals surface area contributed by atoms with Crippen molar-refractivity contribution in [2.75, 3.05) is 33.8 Å². The summed E-state index contributed by atoms with van der Waals surface area (Å²) in [6, 6.07) is 13.2. The number of nitrogens with one attached hydrogen (secondary N) is 3. The summed E-state index contributed by atoms with van der Waals surface area (Å²) < 4.78 is 5.37. The Morgan fingerprint density at radius 2 is 1.37 bits per heavy atom. The number of benzene rings is 2. The second-order valence-corrected chi connectivity index (χ2v) is 13.0. The Morgan fingerprint density at radius 3 is 1.98 bits per heavy atom. The maximum absolute atomic E-state index is 13.8. The van der Waals surface area contributed by atoms with Crippen molar-refractivity contribution >= 4 is 35.6 Å². The molecule has 2 aromatic rings. The third kappa shape index (κ3) is 21.4. The van der Waals surface area contributed by atoms with Crippen LogP contribution in [0.2, 0.25) is 0 Å². The summed E-state index contributed by atoms with van der Waals surface area (Å²) in [6.07, 6.45) is 7.64. The average molecular weight is 756 g/mol. The van der Waals surface area contributed by atoms with Crippen LogP contribution >= 0.6 is 0 Å². The molecule has 0 aliphatic carbocycles. The van der Waals surface area contributed by atoms with E-state index >= 15 is 0 Å². The number of aliphatic imine (C=N–C) groups is 1. The van der Waals surface area contributed by atoms with Gasteiger partial charge in [0.25, 0.3) is 5.97 Å². The van der Waals surface area contributed by atoms with E-state index in [1.165, 1.54) is 24.2 Å². The van der Waals surface area contributed by atoms with E-state index in [1.54, 1.807) is 38.4 Å². The van der Waals surface area contributed by atoms with Crippen molar-refractivity contribution in [1.82, 2.24) is 20.9 Å². The minimum absolute atomic E-state index is 0.0278. The zero-order chi connectivity index (χ0) is 40.3. The number of phenols is 1. The molecule has 0 aromatic heterocycles. The van der Waals surface area contributed by atoms with Crippen molar-refractivity contribution in [3.05, 3.63) is 65.7 Å². The molecule has 0 saturated carbocycles. The van der Waals surface area contributed by atoms with Crippen LogP contribution in [0, 0.1) is 0 Å². The molecule has 9 N–H and O–H groups in total. The summed E-state index contributed by atoms with van der Waals surface area (Å²) in [5.41, 5.74) is 12.6. The monoisotopic (exact) mass is 755 g/mol. The smallest absolute Gasteiger partial charge is 0.307 e. The zero-order valence-electron chi connectivity index (χ0n) is 32.2. The van der Waals surface area contributed by atoms with Gasteiger partial charge in [-0.1, -0.05) is 81.5 Å². The number of hydrogen-bond donors (Lipinski definition) is 7. The number of aliphatic carboxylic acids is 1. The normalized spacial score (nSPS) is 12.1. The number of carboxylic acid groups (broad SMARTS) is 1. The van der Waals surface area contributed by atoms with Gasteiger partial charge in [0.05, 0.1) is 19.1 Å². The largest absolute Gasteiger partial charge is 0.508 e. The predicted molar refractivity (Wildman–Crippen MR) is 208 cm³/mol. The molecular weight excluding hydrogens is 694 g/mol. The highest BCUT2D eigenvalue weighted by Gasteiger charge is 2.30. The Morgan fingerprint density at radius 1 is 0.815 bits per heavy atom. The standard InChI is InChI=1S/C37H57N7O6.C2H4O2/c1-4-5-6-7-8-12-24-50-33(46)21-23-44(3)36(49)32(26-27-14-10-9-11-15-27)43-34(47)30(16-13-22-41-37(38)39)42-35(48)31(40-2)25-28-17-19-29(45)20-18-28;1-2(3)4/h9-11,14-15,17-20,30-32,40,45H,4-8,12-13,16,21-26H2,1-3H3,(H,42,48)(H,43,47)(H4,38,39,41);1H3,(H,3,4)/t30-,31+,32+;/m1./s1. The summed E-state index contributed by atoms with van der Waals surface area (Å²) in [7, 11) is 3.23. The molecule has 0 unspecified atom stereocenters. The number of nitrogens with zero attached hydrogens (tertiary/aromatic N) is 2. The Labute approximate surface area is 319 Å². The number of esters is 1. The van der Waals surface area contributed by atoms with Crippen LogP contribution in [0.25, 0.3) is 0 Å². The third-order valence-electron chi connectivity index (χ3n) is 8.31. The lowest BCUT2D eigenvalue weighted by molar-refractivity contribution is -0.145. The molecule has 0 heterocycles. The van der Waals surface area contributed by atoms with Crippen LogP contribution < -0.4 is 27.4 Å². The van der Waals surface area contributed by atoms with Gasteiger partial charge < -0.3 is 47.3 Å². The van der Waals surface area contributed by atoms with Crippen molar-refractivity contribution in [2.45, 2.75) is 103 Å². The lowest BCUT2D eigenvalue weighted by atomic mass is 10.0. The number of carboxylic acids is 1. The van der Waals surface area contributed by atoms with E-state index in [2.05, 4.69) is 27.9 Å². The number of phenolic OH excluding ortho intramolecular Hbond substituents is 1. The van der Waals surface area contributed by atoms with Gasteiger partial charge in [0.2, 0.25) is 17.7 Å². The summed E-state index contributed by atoms with van der Waals surface area (Å²) in [5, 5.41) is 25.7. The number of carbonyl (C=O) groups is 5. The fraction of sp³-hybridized carbons (Fsp3) is 0.538. The molecule has 300 valence electrons. The van der Waals surface area contributed by atoms with Gasteiger partial charge in [-0.2, -0.15) is 0 Å². The van der Waals surface area contributed by atoms with Crippen LogP contribution in [0.15, 0.2) is 59.6 Å². The second-order valence-electron chi connectivity index (χ2n) is 13.0. The molecule has 0 saturated heterocycles. The first-order valence-electron chi connectivity index (χ1n) is 18.5. The van der Waals surface area contributed by atoms with Crippen LogP contribution in [-0.2, 0) is 41.6 Å². The van der Waals surface area contributed by atoms with Gasteiger partial charge in [0, 0.05) is 33.5 Å². The molecule has 0 aliphatic rings. The number of aromatic hydroxyl groups is 1. The third-order valence-corrected chi connectivity index (χ3v) is 8.31. The highest BCUT2D eigenvalue weighted by molar-refractivity contribution is 5.93. The Kier molecular flexibility index (Phi) is 23.8. The molecule has 0 spiro atoms. The molecule has 0 fully saturated rings. The summed E-state index contributed by atoms with van der Waals surface area (Å²) in [5.74, 6) is -2.50. The molecule has 0 bridgehead atoms. The zero-order valence-corrected chi connectivity index (χ0v) is 32.2. The molecule has 54 heavy (non-hydrogen) atoms. The quantitative estimate of drug-likeness (QED) is 0.0356. The molecule has 0 radical (unpaired) electrons. The maximum atomic E-state index is 13.8. The van der Waals surface area contributed by atoms with Gasteiger partial charge in [-0.05, 0) is 56.0 Å². The van der Waals surface area contributed by atoms with E-state index in [0.717, 1.165) is 37.3 Å². The number of unbranched alkanes of at least 4 members (excludes halogenated alkanes) is 5. The van der Waals surface area contributed by atoms with Gasteiger partial charge in [-0.15, -0.1) is 0 Å². The van der Waals surface area contributed by atoms with E-state index in [4.69, 9.17) is 26.1 Å². The SMILES string of the molecule is CC(=O)O.CCCCCCCCOC(=O)CCN(C)C(=O)[C@H](Cc1ccccc1)NC(=O)[C@@H](CCCN=C(N)N)NC(=O)[C@H](Cc1ccc(O)cc1)NC. The van der Waals surface area contributed by atoms with E-state index in [-0.39, 0.29) is 55.9 Å². The number of likely N-dealkylation sites (N-methyl/N-ethyl adjacent to an activating group) is 2. The van der Waals surface area contributed by atoms with E-state index in [9.17, 15) is 24.3 Å². The number of hydrogen-bond acceptors (Lipinski definition) is 9. The Bertz CT molecular complexity index is 1430. The van der Waals surface area contributed by atoms with Crippen LogP contribution in [0.3, 0.4) is 0 Å². The molecule has 15 heteroatoms. The number of guanidine groups is 1. The van der Waals surface area contributed by atoms with E-state index in [1.807, 2.05) is 30.3 Å². The van der Waals surface area contributed by atoms with Crippen molar-refractivity contribution in [3.63, 3.8) is 0 Å². The van der Waals surface area contributed by atoms with Crippen LogP contribution in [-0.4, -0.2) is 103 Å². The van der Waals surface area contributed by atoms with Gasteiger partial charge in [0.1, 0.15) is 17.8 Å². The van der Waals surface area contributed by atoms with Crippen molar-refractivity contribution in [2.24, 2.45) is 16.5 Å². The molecule has 2 aromatic carbocycles. The van der Waals surface area contributed by atoms with Crippen molar-refractivity contribution in [3.8, 4) is 5.75 Å². The molecule has 3 atom stereocenters. The number of ether oxygens (including phenoxy) is 1. The number of carbonyl (C=O) groups excluding carboxylic acids is 4. The summed E-state index contributed by atoms with van der Waals surface area (Å²) >= 11 is 0. The molecule has 2 rings (SSSR count). The van der Waals surface area contributed by atoms with E-state index < -0.39 is 35.9 Å². The van der Waals surface area contributed by atoms with Gasteiger partial charge in [-0.25, -0.2) is 0 Å². The predicted octanol–water partition coefficient (Wildman–Crippen LogP) is 2.63. The van der Waals surface area contributed by atoms with Crippen LogP contribution in [0.1, 0.15) is 82.8 Å².